The van der Waals surface area contributed by atoms with E-state index < -0.39 is 0 Å². The summed E-state index contributed by atoms with van der Waals surface area (Å²) in [6.07, 6.45) is 0. The molecule has 1 heterocycles. The molecule has 2 aromatic carbocycles. The second-order valence-electron chi connectivity index (χ2n) is 5.27. The number of nitrogens with zero attached hydrogens (tertiary/aromatic N) is 3. The zero-order valence-electron chi connectivity index (χ0n) is 14.1. The van der Waals surface area contributed by atoms with Crippen molar-refractivity contribution in [3.63, 3.8) is 0 Å². The van der Waals surface area contributed by atoms with Gasteiger partial charge in [0.2, 0.25) is 5.13 Å². The third-order valence-electron chi connectivity index (χ3n) is 3.49. The SMILES string of the molecule is COc1ccc(Br)c(C(=O)Nc2nnc(SCc3ccc(C#N)cc3)s2)c1. The highest BCUT2D eigenvalue weighted by atomic mass is 79.9. The fourth-order valence-electron chi connectivity index (χ4n) is 2.11. The van der Waals surface area contributed by atoms with Gasteiger partial charge in [-0.3, -0.25) is 10.1 Å². The number of halogens is 1. The molecule has 0 atom stereocenters. The van der Waals surface area contributed by atoms with Gasteiger partial charge in [0.1, 0.15) is 5.75 Å². The van der Waals surface area contributed by atoms with Crippen molar-refractivity contribution in [1.82, 2.24) is 10.2 Å². The molecule has 1 N–H and O–H groups in total. The van der Waals surface area contributed by atoms with E-state index in [9.17, 15) is 4.79 Å². The monoisotopic (exact) mass is 460 g/mol. The van der Waals surface area contributed by atoms with Crippen molar-refractivity contribution in [1.29, 1.82) is 5.26 Å². The van der Waals surface area contributed by atoms with Crippen LogP contribution >= 0.6 is 39.0 Å². The third kappa shape index (κ3) is 5.07. The molecule has 9 heteroatoms. The summed E-state index contributed by atoms with van der Waals surface area (Å²) in [7, 11) is 1.55. The number of hydrogen-bond acceptors (Lipinski definition) is 7. The van der Waals surface area contributed by atoms with E-state index in [-0.39, 0.29) is 5.91 Å². The van der Waals surface area contributed by atoms with Gasteiger partial charge in [0, 0.05) is 10.2 Å². The number of carbonyl (C=O) groups is 1. The topological polar surface area (TPSA) is 87.9 Å². The van der Waals surface area contributed by atoms with Gasteiger partial charge in [0.05, 0.1) is 24.3 Å². The Morgan fingerprint density at radius 3 is 2.78 bits per heavy atom. The molecule has 6 nitrogen and oxygen atoms in total. The van der Waals surface area contributed by atoms with E-state index in [0.29, 0.717) is 32.2 Å². The molecule has 0 unspecified atom stereocenters. The van der Waals surface area contributed by atoms with Gasteiger partial charge in [-0.1, -0.05) is 35.2 Å². The third-order valence-corrected chi connectivity index (χ3v) is 6.23. The Bertz CT molecular complexity index is 999. The highest BCUT2D eigenvalue weighted by molar-refractivity contribution is 9.10. The lowest BCUT2D eigenvalue weighted by atomic mass is 10.2. The average molecular weight is 461 g/mol. The molecule has 136 valence electrons. The van der Waals surface area contributed by atoms with E-state index in [4.69, 9.17) is 10.00 Å². The summed E-state index contributed by atoms with van der Waals surface area (Å²) < 4.78 is 6.57. The maximum Gasteiger partial charge on any atom is 0.258 e. The van der Waals surface area contributed by atoms with Gasteiger partial charge in [-0.2, -0.15) is 5.26 Å². The van der Waals surface area contributed by atoms with Crippen LogP contribution in [0.15, 0.2) is 51.3 Å². The minimum atomic E-state index is -0.291. The maximum atomic E-state index is 12.5. The van der Waals surface area contributed by atoms with Crippen molar-refractivity contribution in [3.05, 3.63) is 63.6 Å². The maximum absolute atomic E-state index is 12.5. The number of methoxy groups -OCH3 is 1. The Labute approximate surface area is 172 Å². The van der Waals surface area contributed by atoms with Crippen molar-refractivity contribution in [2.45, 2.75) is 10.1 Å². The second kappa shape index (κ2) is 8.99. The van der Waals surface area contributed by atoms with Crippen LogP contribution in [0.25, 0.3) is 0 Å². The number of nitriles is 1. The van der Waals surface area contributed by atoms with Gasteiger partial charge in [0.25, 0.3) is 5.91 Å². The number of carbonyl (C=O) groups excluding carboxylic acids is 1. The van der Waals surface area contributed by atoms with Crippen LogP contribution in [0.3, 0.4) is 0 Å². The number of amides is 1. The second-order valence-corrected chi connectivity index (χ2v) is 8.32. The number of nitrogens with one attached hydrogen (secondary N) is 1. The number of aromatic nitrogens is 2. The summed E-state index contributed by atoms with van der Waals surface area (Å²) in [6, 6.07) is 14.7. The lowest BCUT2D eigenvalue weighted by molar-refractivity contribution is 0.102. The summed E-state index contributed by atoms with van der Waals surface area (Å²) in [5.41, 5.74) is 2.17. The summed E-state index contributed by atoms with van der Waals surface area (Å²) in [4.78, 5) is 12.5. The van der Waals surface area contributed by atoms with Crippen LogP contribution in [0.5, 0.6) is 5.75 Å². The molecule has 0 fully saturated rings. The summed E-state index contributed by atoms with van der Waals surface area (Å²) in [5, 5.41) is 20.1. The first kappa shape index (κ1) is 19.4. The lowest BCUT2D eigenvalue weighted by Gasteiger charge is -2.06. The van der Waals surface area contributed by atoms with Crippen LogP contribution in [0.2, 0.25) is 0 Å². The van der Waals surface area contributed by atoms with Crippen LogP contribution < -0.4 is 10.1 Å². The molecule has 1 aromatic heterocycles. The number of ether oxygens (including phenoxy) is 1. The van der Waals surface area contributed by atoms with Gasteiger partial charge >= 0.3 is 0 Å². The zero-order valence-corrected chi connectivity index (χ0v) is 17.3. The van der Waals surface area contributed by atoms with Crippen molar-refractivity contribution < 1.29 is 9.53 Å². The zero-order chi connectivity index (χ0) is 19.2. The molecule has 0 bridgehead atoms. The Morgan fingerprint density at radius 1 is 1.30 bits per heavy atom. The van der Waals surface area contributed by atoms with E-state index in [2.05, 4.69) is 37.5 Å². The van der Waals surface area contributed by atoms with Gasteiger partial charge in [-0.25, -0.2) is 0 Å². The smallest absolute Gasteiger partial charge is 0.258 e. The first-order chi connectivity index (χ1) is 13.1. The first-order valence-electron chi connectivity index (χ1n) is 7.69. The molecule has 0 saturated carbocycles. The average Bonchev–Trinajstić information content (AvgIpc) is 3.14. The molecule has 0 aliphatic carbocycles. The van der Waals surface area contributed by atoms with Crippen molar-refractivity contribution in [3.8, 4) is 11.8 Å². The highest BCUT2D eigenvalue weighted by Gasteiger charge is 2.14. The molecular formula is C18H13BrN4O2S2. The summed E-state index contributed by atoms with van der Waals surface area (Å²) in [5.74, 6) is 1.01. The van der Waals surface area contributed by atoms with E-state index in [1.807, 2.05) is 12.1 Å². The highest BCUT2D eigenvalue weighted by Crippen LogP contribution is 2.29. The molecule has 3 aromatic rings. The van der Waals surface area contributed by atoms with Crippen LogP contribution in [-0.4, -0.2) is 23.2 Å². The molecule has 0 aliphatic heterocycles. The number of rotatable bonds is 6. The lowest BCUT2D eigenvalue weighted by Crippen LogP contribution is -2.12. The van der Waals surface area contributed by atoms with Crippen molar-refractivity contribution in [2.75, 3.05) is 12.4 Å². The molecular weight excluding hydrogens is 448 g/mol. The largest absolute Gasteiger partial charge is 0.497 e. The van der Waals surface area contributed by atoms with E-state index >= 15 is 0 Å². The van der Waals surface area contributed by atoms with Gasteiger partial charge in [-0.15, -0.1) is 10.2 Å². The number of benzene rings is 2. The van der Waals surface area contributed by atoms with Crippen molar-refractivity contribution >= 4 is 50.1 Å². The van der Waals surface area contributed by atoms with Crippen LogP contribution in [0, 0.1) is 11.3 Å². The fourth-order valence-corrected chi connectivity index (χ4v) is 4.24. The van der Waals surface area contributed by atoms with Crippen LogP contribution in [0.4, 0.5) is 5.13 Å². The van der Waals surface area contributed by atoms with Gasteiger partial charge in [-0.05, 0) is 51.8 Å². The predicted octanol–water partition coefficient (Wildman–Crippen LogP) is 4.73. The number of hydrogen-bond donors (Lipinski definition) is 1. The van der Waals surface area contributed by atoms with Crippen LogP contribution in [0.1, 0.15) is 21.5 Å². The predicted molar refractivity (Wildman–Crippen MR) is 109 cm³/mol. The van der Waals surface area contributed by atoms with Crippen molar-refractivity contribution in [2.24, 2.45) is 0 Å². The number of thioether (sulfide) groups is 1. The minimum Gasteiger partial charge on any atom is -0.497 e. The molecule has 0 saturated heterocycles. The number of anilines is 1. The minimum absolute atomic E-state index is 0.291. The Kier molecular flexibility index (Phi) is 6.45. The Hall–Kier alpha value is -2.41. The van der Waals surface area contributed by atoms with Gasteiger partial charge in [0.15, 0.2) is 4.34 Å². The molecule has 27 heavy (non-hydrogen) atoms. The molecule has 0 spiro atoms. The fraction of sp³-hybridized carbons (Fsp3) is 0.111. The normalized spacial score (nSPS) is 10.3. The van der Waals surface area contributed by atoms with Crippen LogP contribution in [-0.2, 0) is 5.75 Å². The summed E-state index contributed by atoms with van der Waals surface area (Å²) in [6.45, 7) is 0. The molecule has 0 aliphatic rings. The molecule has 1 amide bonds. The Morgan fingerprint density at radius 2 is 2.07 bits per heavy atom. The molecule has 3 rings (SSSR count). The molecule has 0 radical (unpaired) electrons. The first-order valence-corrected chi connectivity index (χ1v) is 10.3. The quantitative estimate of drug-likeness (QED) is 0.422. The van der Waals surface area contributed by atoms with Gasteiger partial charge < -0.3 is 4.74 Å². The Balaban J connectivity index is 1.62. The van der Waals surface area contributed by atoms with E-state index in [1.54, 1.807) is 37.4 Å². The standard InChI is InChI=1S/C18H13BrN4O2S2/c1-25-13-6-7-15(19)14(8-13)16(24)21-17-22-23-18(27-17)26-10-12-4-2-11(9-20)3-5-12/h2-8H,10H2,1H3,(H,21,22,24). The summed E-state index contributed by atoms with van der Waals surface area (Å²) >= 11 is 6.20. The van der Waals surface area contributed by atoms with E-state index in [1.165, 1.54) is 23.1 Å². The van der Waals surface area contributed by atoms with E-state index in [0.717, 1.165) is 9.90 Å².